The number of hydrogen-bond donors (Lipinski definition) is 1. The quantitative estimate of drug-likeness (QED) is 0.848. The van der Waals surface area contributed by atoms with Gasteiger partial charge in [-0.05, 0) is 49.2 Å². The lowest BCUT2D eigenvalue weighted by Crippen LogP contribution is -2.46. The minimum Gasteiger partial charge on any atom is -0.349 e. The van der Waals surface area contributed by atoms with Crippen LogP contribution in [0, 0.1) is 5.82 Å². The van der Waals surface area contributed by atoms with Crippen LogP contribution in [0.1, 0.15) is 33.6 Å². The Hall–Kier alpha value is -2.21. The highest BCUT2D eigenvalue weighted by atomic mass is 79.9. The van der Waals surface area contributed by atoms with Crippen LogP contribution >= 0.6 is 15.9 Å². The van der Waals surface area contributed by atoms with E-state index in [2.05, 4.69) is 21.2 Å². The number of carbonyl (C=O) groups excluding carboxylic acids is 2. The third-order valence-corrected chi connectivity index (χ3v) is 4.77. The molecule has 1 N–H and O–H groups in total. The fraction of sp³-hybridized carbons (Fsp3) is 0.263. The summed E-state index contributed by atoms with van der Waals surface area (Å²) in [7, 11) is 0. The number of nitrogens with zero attached hydrogens (tertiary/aromatic N) is 1. The predicted octanol–water partition coefficient (Wildman–Crippen LogP) is 3.62. The van der Waals surface area contributed by atoms with E-state index >= 15 is 0 Å². The van der Waals surface area contributed by atoms with Gasteiger partial charge in [0, 0.05) is 34.7 Å². The number of amides is 2. The first-order chi connectivity index (χ1) is 12.0. The fourth-order valence-electron chi connectivity index (χ4n) is 2.93. The standard InChI is InChI=1S/C19H18BrFN2O2/c20-15-5-1-4-14(11-15)19(25)23-9-7-17(8-10-23)22-18(24)13-3-2-6-16(21)12-13/h1-6,11-12,17H,7-10H2,(H,22,24). The van der Waals surface area contributed by atoms with Crippen molar-refractivity contribution in [2.75, 3.05) is 13.1 Å². The topological polar surface area (TPSA) is 49.4 Å². The van der Waals surface area contributed by atoms with Gasteiger partial charge in [0.05, 0.1) is 0 Å². The number of rotatable bonds is 3. The van der Waals surface area contributed by atoms with E-state index in [0.717, 1.165) is 4.47 Å². The zero-order valence-electron chi connectivity index (χ0n) is 13.5. The molecule has 0 bridgehead atoms. The van der Waals surface area contributed by atoms with Gasteiger partial charge in [0.1, 0.15) is 5.82 Å². The smallest absolute Gasteiger partial charge is 0.253 e. The summed E-state index contributed by atoms with van der Waals surface area (Å²) in [6, 6.07) is 12.9. The molecule has 1 aliphatic heterocycles. The molecule has 2 amide bonds. The highest BCUT2D eigenvalue weighted by Crippen LogP contribution is 2.17. The van der Waals surface area contributed by atoms with Gasteiger partial charge in [-0.25, -0.2) is 4.39 Å². The number of likely N-dealkylation sites (tertiary alicyclic amines) is 1. The molecule has 3 rings (SSSR count). The summed E-state index contributed by atoms with van der Waals surface area (Å²) in [5.41, 5.74) is 0.962. The zero-order chi connectivity index (χ0) is 17.8. The van der Waals surface area contributed by atoms with Gasteiger partial charge >= 0.3 is 0 Å². The predicted molar refractivity (Wildman–Crippen MR) is 96.9 cm³/mol. The fourth-order valence-corrected chi connectivity index (χ4v) is 3.33. The van der Waals surface area contributed by atoms with Gasteiger partial charge in [-0.15, -0.1) is 0 Å². The van der Waals surface area contributed by atoms with Crippen molar-refractivity contribution in [3.05, 3.63) is 69.9 Å². The van der Waals surface area contributed by atoms with Crippen LogP contribution in [-0.2, 0) is 0 Å². The van der Waals surface area contributed by atoms with Gasteiger partial charge in [-0.3, -0.25) is 9.59 Å². The molecule has 6 heteroatoms. The molecular formula is C19H18BrFN2O2. The van der Waals surface area contributed by atoms with Gasteiger partial charge in [-0.2, -0.15) is 0 Å². The molecule has 0 aliphatic carbocycles. The second-order valence-electron chi connectivity index (χ2n) is 6.06. The highest BCUT2D eigenvalue weighted by Gasteiger charge is 2.25. The van der Waals surface area contributed by atoms with E-state index in [-0.39, 0.29) is 17.9 Å². The van der Waals surface area contributed by atoms with E-state index in [1.54, 1.807) is 23.1 Å². The molecule has 25 heavy (non-hydrogen) atoms. The molecule has 0 saturated carbocycles. The van der Waals surface area contributed by atoms with Crippen molar-refractivity contribution >= 4 is 27.7 Å². The Kier molecular flexibility index (Phi) is 5.48. The van der Waals surface area contributed by atoms with Crippen LogP contribution in [0.4, 0.5) is 4.39 Å². The average Bonchev–Trinajstić information content (AvgIpc) is 2.62. The summed E-state index contributed by atoms with van der Waals surface area (Å²) in [6.07, 6.45) is 1.36. The van der Waals surface area contributed by atoms with Crippen LogP contribution in [0.5, 0.6) is 0 Å². The molecule has 0 unspecified atom stereocenters. The Bertz CT molecular complexity index is 788. The number of hydrogen-bond acceptors (Lipinski definition) is 2. The monoisotopic (exact) mass is 404 g/mol. The van der Waals surface area contributed by atoms with Crippen LogP contribution in [-0.4, -0.2) is 35.8 Å². The second kappa shape index (κ2) is 7.78. The minimum atomic E-state index is -0.429. The maximum Gasteiger partial charge on any atom is 0.253 e. The number of piperidine rings is 1. The summed E-state index contributed by atoms with van der Waals surface area (Å²) in [5.74, 6) is -0.713. The molecule has 2 aromatic carbocycles. The van der Waals surface area contributed by atoms with Crippen LogP contribution < -0.4 is 5.32 Å². The molecule has 0 radical (unpaired) electrons. The third-order valence-electron chi connectivity index (χ3n) is 4.28. The number of halogens is 2. The van der Waals surface area contributed by atoms with Crippen molar-refractivity contribution < 1.29 is 14.0 Å². The van der Waals surface area contributed by atoms with Crippen LogP contribution in [0.15, 0.2) is 53.0 Å². The van der Waals surface area contributed by atoms with E-state index in [1.807, 2.05) is 12.1 Å². The average molecular weight is 405 g/mol. The summed E-state index contributed by atoms with van der Waals surface area (Å²) in [5, 5.41) is 2.92. The summed E-state index contributed by atoms with van der Waals surface area (Å²) in [6.45, 7) is 1.17. The first kappa shape index (κ1) is 17.6. The van der Waals surface area contributed by atoms with Crippen molar-refractivity contribution in [3.8, 4) is 0 Å². The zero-order valence-corrected chi connectivity index (χ0v) is 15.1. The Morgan fingerprint density at radius 1 is 1.04 bits per heavy atom. The molecule has 0 atom stereocenters. The van der Waals surface area contributed by atoms with Gasteiger partial charge < -0.3 is 10.2 Å². The molecule has 2 aromatic rings. The molecule has 1 saturated heterocycles. The molecule has 1 fully saturated rings. The van der Waals surface area contributed by atoms with Gasteiger partial charge in [0.2, 0.25) is 0 Å². The third kappa shape index (κ3) is 4.45. The number of benzene rings is 2. The van der Waals surface area contributed by atoms with E-state index in [0.29, 0.717) is 37.1 Å². The van der Waals surface area contributed by atoms with Crippen molar-refractivity contribution in [1.29, 1.82) is 0 Å². The lowest BCUT2D eigenvalue weighted by atomic mass is 10.0. The number of carbonyl (C=O) groups is 2. The molecule has 4 nitrogen and oxygen atoms in total. The van der Waals surface area contributed by atoms with E-state index < -0.39 is 5.82 Å². The van der Waals surface area contributed by atoms with Crippen LogP contribution in [0.3, 0.4) is 0 Å². The van der Waals surface area contributed by atoms with Gasteiger partial charge in [-0.1, -0.05) is 28.1 Å². The van der Waals surface area contributed by atoms with E-state index in [4.69, 9.17) is 0 Å². The molecule has 1 aliphatic rings. The summed E-state index contributed by atoms with van der Waals surface area (Å²) < 4.78 is 14.1. The molecule has 0 aromatic heterocycles. The molecule has 0 spiro atoms. The Labute approximate surface area is 154 Å². The van der Waals surface area contributed by atoms with Crippen molar-refractivity contribution in [2.24, 2.45) is 0 Å². The van der Waals surface area contributed by atoms with E-state index in [1.165, 1.54) is 18.2 Å². The highest BCUT2D eigenvalue weighted by molar-refractivity contribution is 9.10. The van der Waals surface area contributed by atoms with Gasteiger partial charge in [0.25, 0.3) is 11.8 Å². The normalized spacial score (nSPS) is 15.0. The van der Waals surface area contributed by atoms with Crippen LogP contribution in [0.25, 0.3) is 0 Å². The van der Waals surface area contributed by atoms with Crippen LogP contribution in [0.2, 0.25) is 0 Å². The first-order valence-electron chi connectivity index (χ1n) is 8.14. The summed E-state index contributed by atoms with van der Waals surface area (Å²) >= 11 is 3.37. The maximum atomic E-state index is 13.2. The van der Waals surface area contributed by atoms with Crippen molar-refractivity contribution in [2.45, 2.75) is 18.9 Å². The molecule has 130 valence electrons. The second-order valence-corrected chi connectivity index (χ2v) is 6.98. The van der Waals surface area contributed by atoms with Gasteiger partial charge in [0.15, 0.2) is 0 Å². The van der Waals surface area contributed by atoms with E-state index in [9.17, 15) is 14.0 Å². The molecular weight excluding hydrogens is 387 g/mol. The Balaban J connectivity index is 1.55. The lowest BCUT2D eigenvalue weighted by molar-refractivity contribution is 0.0698. The lowest BCUT2D eigenvalue weighted by Gasteiger charge is -2.32. The van der Waals surface area contributed by atoms with Crippen molar-refractivity contribution in [1.82, 2.24) is 10.2 Å². The molecule has 1 heterocycles. The Morgan fingerprint density at radius 3 is 2.40 bits per heavy atom. The SMILES string of the molecule is O=C(NC1CCN(C(=O)c2cccc(Br)c2)CC1)c1cccc(F)c1. The van der Waals surface area contributed by atoms with Crippen molar-refractivity contribution in [3.63, 3.8) is 0 Å². The minimum absolute atomic E-state index is 0.00351. The maximum absolute atomic E-state index is 13.2. The largest absolute Gasteiger partial charge is 0.349 e. The summed E-state index contributed by atoms with van der Waals surface area (Å²) in [4.78, 5) is 26.5. The first-order valence-corrected chi connectivity index (χ1v) is 8.93. The number of nitrogens with one attached hydrogen (secondary N) is 1. The Morgan fingerprint density at radius 2 is 1.72 bits per heavy atom.